The zero-order valence-electron chi connectivity index (χ0n) is 16.5. The molecule has 6 nitrogen and oxygen atoms in total. The maximum atomic E-state index is 14.0. The topological polar surface area (TPSA) is 84.5 Å². The Morgan fingerprint density at radius 2 is 1.62 bits per heavy atom. The van der Waals surface area contributed by atoms with Gasteiger partial charge in [0.2, 0.25) is 11.8 Å². The summed E-state index contributed by atoms with van der Waals surface area (Å²) >= 11 is 0. The third-order valence-electron chi connectivity index (χ3n) is 4.44. The molecule has 0 spiro atoms. The van der Waals surface area contributed by atoms with Crippen LogP contribution in [0.25, 0.3) is 0 Å². The summed E-state index contributed by atoms with van der Waals surface area (Å²) in [7, 11) is 1.24. The molecule has 2 rings (SSSR count). The number of hydrogen-bond acceptors (Lipinski definition) is 4. The molecular formula is C22H25FN2O4. The van der Waals surface area contributed by atoms with Crippen LogP contribution in [-0.4, -0.2) is 37.0 Å². The summed E-state index contributed by atoms with van der Waals surface area (Å²) < 4.78 is 18.8. The number of ether oxygens (including phenoxy) is 1. The second-order valence-corrected chi connectivity index (χ2v) is 6.66. The molecule has 2 N–H and O–H groups in total. The van der Waals surface area contributed by atoms with Crippen LogP contribution in [0.4, 0.5) is 4.39 Å². The molecule has 2 aromatic rings. The van der Waals surface area contributed by atoms with Gasteiger partial charge in [-0.1, -0.05) is 48.5 Å². The lowest BCUT2D eigenvalue weighted by Crippen LogP contribution is -2.52. The molecule has 29 heavy (non-hydrogen) atoms. The first-order valence-corrected chi connectivity index (χ1v) is 9.33. The van der Waals surface area contributed by atoms with Crippen LogP contribution in [-0.2, 0) is 32.0 Å². The first-order valence-electron chi connectivity index (χ1n) is 9.33. The van der Waals surface area contributed by atoms with E-state index in [2.05, 4.69) is 10.6 Å². The fourth-order valence-corrected chi connectivity index (χ4v) is 2.96. The largest absolute Gasteiger partial charge is 0.467 e. The van der Waals surface area contributed by atoms with Gasteiger partial charge in [-0.05, 0) is 30.0 Å². The molecule has 0 saturated heterocycles. The van der Waals surface area contributed by atoms with Crippen molar-refractivity contribution in [3.63, 3.8) is 0 Å². The SMILES string of the molecule is COC(=O)[C@@H](CCc1ccccc1)NC(=O)[C@H](Cc1ccccc1F)NC(C)=O. The van der Waals surface area contributed by atoms with Crippen molar-refractivity contribution in [3.8, 4) is 0 Å². The minimum absolute atomic E-state index is 0.0370. The van der Waals surface area contributed by atoms with Crippen molar-refractivity contribution in [2.45, 2.75) is 38.3 Å². The van der Waals surface area contributed by atoms with Gasteiger partial charge in [-0.25, -0.2) is 9.18 Å². The van der Waals surface area contributed by atoms with Gasteiger partial charge in [0.1, 0.15) is 17.9 Å². The number of carbonyl (C=O) groups is 3. The molecule has 7 heteroatoms. The molecule has 0 fully saturated rings. The van der Waals surface area contributed by atoms with E-state index in [1.807, 2.05) is 30.3 Å². The van der Waals surface area contributed by atoms with Crippen molar-refractivity contribution < 1.29 is 23.5 Å². The third-order valence-corrected chi connectivity index (χ3v) is 4.44. The number of rotatable bonds is 9. The van der Waals surface area contributed by atoms with Crippen molar-refractivity contribution in [2.24, 2.45) is 0 Å². The van der Waals surface area contributed by atoms with Gasteiger partial charge < -0.3 is 15.4 Å². The molecule has 0 aromatic heterocycles. The van der Waals surface area contributed by atoms with E-state index in [1.54, 1.807) is 18.2 Å². The van der Waals surface area contributed by atoms with Crippen LogP contribution < -0.4 is 10.6 Å². The zero-order valence-corrected chi connectivity index (χ0v) is 16.5. The molecule has 2 amide bonds. The van der Waals surface area contributed by atoms with Gasteiger partial charge in [-0.15, -0.1) is 0 Å². The van der Waals surface area contributed by atoms with Gasteiger partial charge in [0.25, 0.3) is 0 Å². The highest BCUT2D eigenvalue weighted by Crippen LogP contribution is 2.11. The Morgan fingerprint density at radius 3 is 2.24 bits per heavy atom. The molecule has 0 heterocycles. The number of hydrogen-bond donors (Lipinski definition) is 2. The lowest BCUT2D eigenvalue weighted by atomic mass is 10.0. The molecule has 154 valence electrons. The van der Waals surface area contributed by atoms with Gasteiger partial charge in [0, 0.05) is 13.3 Å². The number of benzene rings is 2. The Bertz CT molecular complexity index is 842. The van der Waals surface area contributed by atoms with E-state index in [1.165, 1.54) is 20.1 Å². The summed E-state index contributed by atoms with van der Waals surface area (Å²) in [6, 6.07) is 13.6. The van der Waals surface area contributed by atoms with E-state index < -0.39 is 35.7 Å². The standard InChI is InChI=1S/C22H25FN2O4/c1-15(26)24-20(14-17-10-6-7-11-18(17)23)21(27)25-19(22(28)29-2)13-12-16-8-4-3-5-9-16/h3-11,19-20H,12-14H2,1-2H3,(H,24,26)(H,25,27)/t19-,20+/m1/s1. The first-order chi connectivity index (χ1) is 13.9. The molecule has 0 aliphatic carbocycles. The number of amides is 2. The quantitative estimate of drug-likeness (QED) is 0.632. The van der Waals surface area contributed by atoms with Crippen LogP contribution in [0.1, 0.15) is 24.5 Å². The predicted octanol–water partition coefficient (Wildman–Crippen LogP) is 2.16. The second-order valence-electron chi connectivity index (χ2n) is 6.66. The fourth-order valence-electron chi connectivity index (χ4n) is 2.96. The number of halogens is 1. The maximum Gasteiger partial charge on any atom is 0.328 e. The monoisotopic (exact) mass is 400 g/mol. The molecule has 2 atom stereocenters. The fraction of sp³-hybridized carbons (Fsp3) is 0.318. The van der Waals surface area contributed by atoms with Crippen molar-refractivity contribution in [3.05, 3.63) is 71.5 Å². The molecule has 0 radical (unpaired) electrons. The van der Waals surface area contributed by atoms with Crippen LogP contribution in [0.2, 0.25) is 0 Å². The summed E-state index contributed by atoms with van der Waals surface area (Å²) in [4.78, 5) is 36.5. The molecule has 2 aromatic carbocycles. The summed E-state index contributed by atoms with van der Waals surface area (Å²) in [6.07, 6.45) is 0.846. The van der Waals surface area contributed by atoms with Crippen LogP contribution in [0, 0.1) is 5.82 Å². The molecular weight excluding hydrogens is 375 g/mol. The summed E-state index contributed by atoms with van der Waals surface area (Å²) in [6.45, 7) is 1.27. The van der Waals surface area contributed by atoms with E-state index in [9.17, 15) is 18.8 Å². The number of carbonyl (C=O) groups excluding carboxylic acids is 3. The minimum atomic E-state index is -1.02. The van der Waals surface area contributed by atoms with E-state index in [0.29, 0.717) is 18.4 Å². The lowest BCUT2D eigenvalue weighted by Gasteiger charge is -2.22. The normalized spacial score (nSPS) is 12.5. The molecule has 0 unspecified atom stereocenters. The van der Waals surface area contributed by atoms with Gasteiger partial charge in [0.05, 0.1) is 7.11 Å². The van der Waals surface area contributed by atoms with Gasteiger partial charge in [0.15, 0.2) is 0 Å². The summed E-state index contributed by atoms with van der Waals surface area (Å²) in [5, 5.41) is 5.15. The summed E-state index contributed by atoms with van der Waals surface area (Å²) in [5.41, 5.74) is 1.31. The Morgan fingerprint density at radius 1 is 0.966 bits per heavy atom. The summed E-state index contributed by atoms with van der Waals surface area (Å²) in [5.74, 6) is -2.06. The smallest absolute Gasteiger partial charge is 0.328 e. The van der Waals surface area contributed by atoms with Crippen LogP contribution in [0.5, 0.6) is 0 Å². The van der Waals surface area contributed by atoms with E-state index >= 15 is 0 Å². The van der Waals surface area contributed by atoms with Crippen molar-refractivity contribution in [1.29, 1.82) is 0 Å². The first kappa shape index (κ1) is 22.1. The van der Waals surface area contributed by atoms with Crippen molar-refractivity contribution in [1.82, 2.24) is 10.6 Å². The Labute approximate surface area is 169 Å². The second kappa shape index (κ2) is 10.9. The van der Waals surface area contributed by atoms with E-state index in [0.717, 1.165) is 5.56 Å². The van der Waals surface area contributed by atoms with Crippen LogP contribution >= 0.6 is 0 Å². The van der Waals surface area contributed by atoms with Gasteiger partial charge in [-0.3, -0.25) is 9.59 Å². The minimum Gasteiger partial charge on any atom is -0.467 e. The Kier molecular flexibility index (Phi) is 8.33. The third kappa shape index (κ3) is 7.03. The number of nitrogens with one attached hydrogen (secondary N) is 2. The maximum absolute atomic E-state index is 14.0. The highest BCUT2D eigenvalue weighted by atomic mass is 19.1. The van der Waals surface area contributed by atoms with Crippen LogP contribution in [0.3, 0.4) is 0 Å². The predicted molar refractivity (Wildman–Crippen MR) is 106 cm³/mol. The van der Waals surface area contributed by atoms with E-state index in [-0.39, 0.29) is 6.42 Å². The van der Waals surface area contributed by atoms with Crippen molar-refractivity contribution >= 4 is 17.8 Å². The number of esters is 1. The lowest BCUT2D eigenvalue weighted by molar-refractivity contribution is -0.145. The average molecular weight is 400 g/mol. The van der Waals surface area contributed by atoms with Gasteiger partial charge in [-0.2, -0.15) is 0 Å². The number of aryl methyl sites for hydroxylation is 1. The number of methoxy groups -OCH3 is 1. The molecule has 0 bridgehead atoms. The van der Waals surface area contributed by atoms with E-state index in [4.69, 9.17) is 4.74 Å². The zero-order chi connectivity index (χ0) is 21.2. The molecule has 0 saturated carbocycles. The Hall–Kier alpha value is -3.22. The van der Waals surface area contributed by atoms with Crippen molar-refractivity contribution in [2.75, 3.05) is 7.11 Å². The van der Waals surface area contributed by atoms with Gasteiger partial charge >= 0.3 is 5.97 Å². The Balaban J connectivity index is 2.10. The average Bonchev–Trinajstić information content (AvgIpc) is 2.71. The highest BCUT2D eigenvalue weighted by molar-refractivity contribution is 5.90. The molecule has 0 aliphatic rings. The highest BCUT2D eigenvalue weighted by Gasteiger charge is 2.27. The van der Waals surface area contributed by atoms with Crippen LogP contribution in [0.15, 0.2) is 54.6 Å². The molecule has 0 aliphatic heterocycles.